The highest BCUT2D eigenvalue weighted by Crippen LogP contribution is 2.28. The third-order valence-electron chi connectivity index (χ3n) is 3.68. The molecule has 2 aromatic rings. The Morgan fingerprint density at radius 3 is 2.61 bits per heavy atom. The van der Waals surface area contributed by atoms with Crippen molar-refractivity contribution in [2.45, 2.75) is 27.2 Å². The molecule has 1 amide bonds. The van der Waals surface area contributed by atoms with Crippen molar-refractivity contribution in [2.24, 2.45) is 0 Å². The van der Waals surface area contributed by atoms with E-state index in [1.807, 2.05) is 50.2 Å². The van der Waals surface area contributed by atoms with Gasteiger partial charge in [-0.1, -0.05) is 31.2 Å². The van der Waals surface area contributed by atoms with Gasteiger partial charge in [0.1, 0.15) is 0 Å². The molecule has 2 rings (SSSR count). The normalized spacial score (nSPS) is 10.3. The molecule has 0 aliphatic heterocycles. The molecule has 4 heteroatoms. The van der Waals surface area contributed by atoms with Gasteiger partial charge in [-0.25, -0.2) is 0 Å². The lowest BCUT2D eigenvalue weighted by Gasteiger charge is -2.14. The van der Waals surface area contributed by atoms with Crippen LogP contribution in [0.5, 0.6) is 11.5 Å². The first-order chi connectivity index (χ1) is 11.0. The molecule has 1 N–H and O–H groups in total. The number of hydrogen-bond donors (Lipinski definition) is 1. The summed E-state index contributed by atoms with van der Waals surface area (Å²) in [5.41, 5.74) is 4.11. The summed E-state index contributed by atoms with van der Waals surface area (Å²) in [5.74, 6) is 1.01. The van der Waals surface area contributed by atoms with Crippen LogP contribution in [-0.4, -0.2) is 19.6 Å². The van der Waals surface area contributed by atoms with Crippen LogP contribution in [0.3, 0.4) is 0 Å². The second kappa shape index (κ2) is 7.68. The molecule has 0 saturated heterocycles. The number of methoxy groups -OCH3 is 1. The number of benzene rings is 2. The lowest BCUT2D eigenvalue weighted by atomic mass is 10.1. The van der Waals surface area contributed by atoms with Crippen LogP contribution in [0.4, 0.5) is 5.69 Å². The number of para-hydroxylation sites is 1. The molecular weight excluding hydrogens is 290 g/mol. The molecule has 0 saturated carbocycles. The van der Waals surface area contributed by atoms with E-state index in [4.69, 9.17) is 9.47 Å². The average molecular weight is 313 g/mol. The van der Waals surface area contributed by atoms with Crippen LogP contribution >= 0.6 is 0 Å². The van der Waals surface area contributed by atoms with Crippen LogP contribution in [0, 0.1) is 13.8 Å². The van der Waals surface area contributed by atoms with Gasteiger partial charge < -0.3 is 14.8 Å². The maximum Gasteiger partial charge on any atom is 0.262 e. The molecule has 0 aliphatic carbocycles. The molecular formula is C19H23NO3. The summed E-state index contributed by atoms with van der Waals surface area (Å²) >= 11 is 0. The second-order valence-corrected chi connectivity index (χ2v) is 5.45. The zero-order chi connectivity index (χ0) is 16.8. The Bertz CT molecular complexity index is 695. The number of anilines is 1. The van der Waals surface area contributed by atoms with Gasteiger partial charge in [-0.15, -0.1) is 0 Å². The highest BCUT2D eigenvalue weighted by Gasteiger charge is 2.11. The smallest absolute Gasteiger partial charge is 0.262 e. The van der Waals surface area contributed by atoms with Crippen molar-refractivity contribution in [3.8, 4) is 11.5 Å². The van der Waals surface area contributed by atoms with Crippen LogP contribution in [0.25, 0.3) is 0 Å². The fourth-order valence-corrected chi connectivity index (χ4v) is 2.41. The molecule has 0 aromatic heterocycles. The molecule has 0 bridgehead atoms. The Hall–Kier alpha value is -2.49. The highest BCUT2D eigenvalue weighted by atomic mass is 16.5. The van der Waals surface area contributed by atoms with E-state index in [0.29, 0.717) is 11.5 Å². The zero-order valence-electron chi connectivity index (χ0n) is 14.1. The van der Waals surface area contributed by atoms with Gasteiger partial charge >= 0.3 is 0 Å². The number of rotatable bonds is 6. The molecule has 0 heterocycles. The van der Waals surface area contributed by atoms with Crippen molar-refractivity contribution in [1.29, 1.82) is 0 Å². The topological polar surface area (TPSA) is 47.6 Å². The lowest BCUT2D eigenvalue weighted by molar-refractivity contribution is -0.118. The van der Waals surface area contributed by atoms with Gasteiger partial charge in [-0.05, 0) is 49.1 Å². The van der Waals surface area contributed by atoms with Crippen LogP contribution in [0.2, 0.25) is 0 Å². The molecule has 23 heavy (non-hydrogen) atoms. The van der Waals surface area contributed by atoms with Crippen molar-refractivity contribution in [1.82, 2.24) is 0 Å². The summed E-state index contributed by atoms with van der Waals surface area (Å²) in [6.45, 7) is 5.97. The summed E-state index contributed by atoms with van der Waals surface area (Å²) < 4.78 is 10.9. The number of aryl methyl sites for hydroxylation is 3. The average Bonchev–Trinajstić information content (AvgIpc) is 2.55. The fraction of sp³-hybridized carbons (Fsp3) is 0.316. The molecule has 0 radical (unpaired) electrons. The van der Waals surface area contributed by atoms with Crippen LogP contribution in [0.1, 0.15) is 23.6 Å². The SMILES string of the molecule is CCc1cccc(C)c1NC(=O)COc1ccc(C)cc1OC. The second-order valence-electron chi connectivity index (χ2n) is 5.45. The van der Waals surface area contributed by atoms with Gasteiger partial charge in [0.2, 0.25) is 0 Å². The molecule has 122 valence electrons. The maximum absolute atomic E-state index is 12.2. The molecule has 0 unspecified atom stereocenters. The van der Waals surface area contributed by atoms with Gasteiger partial charge in [0.05, 0.1) is 7.11 Å². The number of nitrogens with one attached hydrogen (secondary N) is 1. The lowest BCUT2D eigenvalue weighted by Crippen LogP contribution is -2.21. The molecule has 4 nitrogen and oxygen atoms in total. The molecule has 0 aliphatic rings. The quantitative estimate of drug-likeness (QED) is 0.880. The summed E-state index contributed by atoms with van der Waals surface area (Å²) in [5, 5.41) is 2.94. The molecule has 0 atom stereocenters. The van der Waals surface area contributed by atoms with Gasteiger partial charge in [0.25, 0.3) is 5.91 Å². The Labute approximate surface area is 137 Å². The summed E-state index contributed by atoms with van der Waals surface area (Å²) in [4.78, 5) is 12.2. The van der Waals surface area contributed by atoms with Crippen LogP contribution < -0.4 is 14.8 Å². The Morgan fingerprint density at radius 1 is 1.13 bits per heavy atom. The minimum absolute atomic E-state index is 0.0586. The Balaban J connectivity index is 2.04. The largest absolute Gasteiger partial charge is 0.493 e. The van der Waals surface area contributed by atoms with Crippen LogP contribution in [-0.2, 0) is 11.2 Å². The number of amides is 1. The van der Waals surface area contributed by atoms with Crippen molar-refractivity contribution in [3.63, 3.8) is 0 Å². The maximum atomic E-state index is 12.2. The summed E-state index contributed by atoms with van der Waals surface area (Å²) in [6.07, 6.45) is 0.865. The van der Waals surface area contributed by atoms with Crippen molar-refractivity contribution in [2.75, 3.05) is 19.0 Å². The van der Waals surface area contributed by atoms with Crippen molar-refractivity contribution >= 4 is 11.6 Å². The summed E-state index contributed by atoms with van der Waals surface area (Å²) in [6, 6.07) is 11.6. The van der Waals surface area contributed by atoms with Crippen molar-refractivity contribution < 1.29 is 14.3 Å². The number of carbonyl (C=O) groups is 1. The van der Waals surface area contributed by atoms with Crippen LogP contribution in [0.15, 0.2) is 36.4 Å². The van der Waals surface area contributed by atoms with Gasteiger partial charge in [-0.2, -0.15) is 0 Å². The molecule has 0 fully saturated rings. The number of carbonyl (C=O) groups excluding carboxylic acids is 1. The van der Waals surface area contributed by atoms with E-state index in [1.54, 1.807) is 7.11 Å². The van der Waals surface area contributed by atoms with E-state index < -0.39 is 0 Å². The first-order valence-electron chi connectivity index (χ1n) is 7.71. The Kier molecular flexibility index (Phi) is 5.63. The minimum Gasteiger partial charge on any atom is -0.493 e. The summed E-state index contributed by atoms with van der Waals surface area (Å²) in [7, 11) is 1.59. The predicted molar refractivity (Wildman–Crippen MR) is 92.4 cm³/mol. The first-order valence-corrected chi connectivity index (χ1v) is 7.71. The third-order valence-corrected chi connectivity index (χ3v) is 3.68. The van der Waals surface area contributed by atoms with Gasteiger partial charge in [0, 0.05) is 5.69 Å². The Morgan fingerprint density at radius 2 is 1.91 bits per heavy atom. The van der Waals surface area contributed by atoms with Gasteiger partial charge in [0.15, 0.2) is 18.1 Å². The monoisotopic (exact) mass is 313 g/mol. The fourth-order valence-electron chi connectivity index (χ4n) is 2.41. The van der Waals surface area contributed by atoms with E-state index in [2.05, 4.69) is 12.2 Å². The number of hydrogen-bond acceptors (Lipinski definition) is 3. The molecule has 0 spiro atoms. The van der Waals surface area contributed by atoms with E-state index in [0.717, 1.165) is 28.8 Å². The zero-order valence-corrected chi connectivity index (χ0v) is 14.1. The van der Waals surface area contributed by atoms with E-state index in [9.17, 15) is 4.79 Å². The van der Waals surface area contributed by atoms with E-state index in [1.165, 1.54) is 0 Å². The highest BCUT2D eigenvalue weighted by molar-refractivity contribution is 5.93. The minimum atomic E-state index is -0.184. The molecule has 2 aromatic carbocycles. The van der Waals surface area contributed by atoms with Gasteiger partial charge in [-0.3, -0.25) is 4.79 Å². The number of ether oxygens (including phenoxy) is 2. The standard InChI is InChI=1S/C19H23NO3/c1-5-15-8-6-7-14(3)19(15)20-18(21)12-23-16-10-9-13(2)11-17(16)22-4/h6-11H,5,12H2,1-4H3,(H,20,21). The third kappa shape index (κ3) is 4.25. The van der Waals surface area contributed by atoms with E-state index >= 15 is 0 Å². The first kappa shape index (κ1) is 16.9. The predicted octanol–water partition coefficient (Wildman–Crippen LogP) is 3.89. The van der Waals surface area contributed by atoms with Crippen molar-refractivity contribution in [3.05, 3.63) is 53.1 Å². The van der Waals surface area contributed by atoms with E-state index in [-0.39, 0.29) is 12.5 Å².